The van der Waals surface area contributed by atoms with E-state index in [1.54, 1.807) is 6.07 Å². The normalized spacial score (nSPS) is 25.1. The number of piperidine rings is 1. The van der Waals surface area contributed by atoms with Crippen LogP contribution in [0.15, 0.2) is 29.3 Å². The van der Waals surface area contributed by atoms with Gasteiger partial charge in [0.25, 0.3) is 5.91 Å². The van der Waals surface area contributed by atoms with Crippen LogP contribution in [0.5, 0.6) is 0 Å². The van der Waals surface area contributed by atoms with Crippen LogP contribution in [0.25, 0.3) is 0 Å². The number of amides is 1. The minimum absolute atomic E-state index is 0.0297. The molecule has 9 nitrogen and oxygen atoms in total. The van der Waals surface area contributed by atoms with E-state index in [-0.39, 0.29) is 42.0 Å². The van der Waals surface area contributed by atoms with Gasteiger partial charge >= 0.3 is 13.3 Å². The molecule has 1 aromatic heterocycles. The van der Waals surface area contributed by atoms with Crippen molar-refractivity contribution in [2.24, 2.45) is 4.99 Å². The van der Waals surface area contributed by atoms with Crippen LogP contribution in [-0.4, -0.2) is 83.2 Å². The number of carbonyl (C=O) groups excluding carboxylic acids is 1. The Morgan fingerprint density at radius 3 is 2.55 bits per heavy atom. The Kier molecular flexibility index (Phi) is 7.53. The first-order valence-electron chi connectivity index (χ1n) is 14.2. The van der Waals surface area contributed by atoms with E-state index in [9.17, 15) is 28.0 Å². The van der Waals surface area contributed by atoms with Gasteiger partial charge in [0.1, 0.15) is 22.9 Å². The number of amidine groups is 1. The summed E-state index contributed by atoms with van der Waals surface area (Å²) in [6.45, 7) is 4.90. The van der Waals surface area contributed by atoms with Gasteiger partial charge in [0, 0.05) is 61.4 Å². The molecule has 0 radical (unpaired) electrons. The predicted molar refractivity (Wildman–Crippen MR) is 147 cm³/mol. The van der Waals surface area contributed by atoms with Gasteiger partial charge in [-0.2, -0.15) is 13.2 Å². The Morgan fingerprint density at radius 1 is 1.17 bits per heavy atom. The highest BCUT2D eigenvalue weighted by Gasteiger charge is 2.49. The fourth-order valence-electron chi connectivity index (χ4n) is 6.22. The summed E-state index contributed by atoms with van der Waals surface area (Å²) in [6.07, 6.45) is -2.56. The largest absolute Gasteiger partial charge is 0.488 e. The number of pyridine rings is 1. The van der Waals surface area contributed by atoms with Crippen molar-refractivity contribution in [3.63, 3.8) is 0 Å². The molecule has 1 amide bonds. The molecule has 6 rings (SSSR count). The number of morpholine rings is 1. The van der Waals surface area contributed by atoms with Crippen LogP contribution in [0.4, 0.5) is 23.2 Å². The van der Waals surface area contributed by atoms with Gasteiger partial charge in [-0.3, -0.25) is 14.7 Å². The molecule has 42 heavy (non-hydrogen) atoms. The highest BCUT2D eigenvalue weighted by Crippen LogP contribution is 2.43. The van der Waals surface area contributed by atoms with Crippen molar-refractivity contribution in [3.8, 4) is 0 Å². The third-order valence-electron chi connectivity index (χ3n) is 8.63. The number of aliphatic imine (C=N–C) groups is 1. The quantitative estimate of drug-likeness (QED) is 0.349. The highest BCUT2D eigenvalue weighted by atomic mass is 19.4. The zero-order valence-electron chi connectivity index (χ0n) is 23.1. The lowest BCUT2D eigenvalue weighted by molar-refractivity contribution is -0.141. The maximum absolute atomic E-state index is 15.4. The molecule has 1 aliphatic carbocycles. The molecular weight excluding hydrogens is 557 g/mol. The third-order valence-corrected chi connectivity index (χ3v) is 8.63. The van der Waals surface area contributed by atoms with Crippen molar-refractivity contribution in [2.75, 3.05) is 37.7 Å². The van der Waals surface area contributed by atoms with Crippen molar-refractivity contribution in [2.45, 2.75) is 62.8 Å². The molecule has 3 aliphatic heterocycles. The first-order chi connectivity index (χ1) is 19.9. The van der Waals surface area contributed by atoms with Crippen LogP contribution in [0.3, 0.4) is 0 Å². The van der Waals surface area contributed by atoms with E-state index in [2.05, 4.69) is 15.2 Å². The smallest absolute Gasteiger partial charge is 0.423 e. The highest BCUT2D eigenvalue weighted by molar-refractivity contribution is 6.58. The average Bonchev–Trinajstić information content (AvgIpc) is 3.74. The van der Waals surface area contributed by atoms with Gasteiger partial charge in [-0.15, -0.1) is 0 Å². The molecule has 3 N–H and O–H groups in total. The van der Waals surface area contributed by atoms with Crippen LogP contribution >= 0.6 is 0 Å². The monoisotopic (exact) mass is 589 g/mol. The molecule has 4 aliphatic rings. The Hall–Kier alpha value is -3.07. The summed E-state index contributed by atoms with van der Waals surface area (Å²) in [5.41, 5.74) is -0.413. The Bertz CT molecular complexity index is 1410. The Labute approximate surface area is 240 Å². The number of nitrogens with zero attached hydrogens (tertiary/aromatic N) is 4. The maximum atomic E-state index is 15.4. The van der Waals surface area contributed by atoms with E-state index in [0.29, 0.717) is 61.9 Å². The molecule has 1 saturated carbocycles. The van der Waals surface area contributed by atoms with Gasteiger partial charge < -0.3 is 25.0 Å². The molecule has 4 heterocycles. The average molecular weight is 589 g/mol. The summed E-state index contributed by atoms with van der Waals surface area (Å²) in [5, 5.41) is 22.5. The van der Waals surface area contributed by atoms with E-state index in [1.165, 1.54) is 6.07 Å². The number of anilines is 1. The molecule has 0 unspecified atom stereocenters. The SMILES string of the molecule is C[C@H]1C[C@@]2(CCN1c1cc(B(O)O)cc(F)c1CN1CCOCC1)N=C(c1ccc(C(F)(F)F)nc1C1CC1)NC2=O. The fraction of sp³-hybridized carbons (Fsp3) is 0.536. The molecule has 224 valence electrons. The lowest BCUT2D eigenvalue weighted by Crippen LogP contribution is -2.53. The predicted octanol–water partition coefficient (Wildman–Crippen LogP) is 1.93. The van der Waals surface area contributed by atoms with Crippen molar-refractivity contribution in [1.29, 1.82) is 0 Å². The molecule has 0 bridgehead atoms. The van der Waals surface area contributed by atoms with Crippen molar-refractivity contribution >= 4 is 30.0 Å². The van der Waals surface area contributed by atoms with Gasteiger partial charge in [0.15, 0.2) is 0 Å². The number of ether oxygens (including phenoxy) is 1. The van der Waals surface area contributed by atoms with Gasteiger partial charge in [-0.25, -0.2) is 9.37 Å². The van der Waals surface area contributed by atoms with Crippen molar-refractivity contribution in [1.82, 2.24) is 15.2 Å². The van der Waals surface area contributed by atoms with Gasteiger partial charge in [-0.05, 0) is 55.9 Å². The lowest BCUT2D eigenvalue weighted by Gasteiger charge is -2.43. The summed E-state index contributed by atoms with van der Waals surface area (Å²) in [5.74, 6) is -0.748. The Morgan fingerprint density at radius 2 is 1.90 bits per heavy atom. The van der Waals surface area contributed by atoms with E-state index in [0.717, 1.165) is 25.0 Å². The van der Waals surface area contributed by atoms with Crippen molar-refractivity contribution < 1.29 is 37.1 Å². The second kappa shape index (κ2) is 10.9. The van der Waals surface area contributed by atoms with Crippen LogP contribution < -0.4 is 15.7 Å². The van der Waals surface area contributed by atoms with Crippen LogP contribution in [-0.2, 0) is 22.3 Å². The summed E-state index contributed by atoms with van der Waals surface area (Å²) in [7, 11) is -1.85. The number of rotatable bonds is 6. The third kappa shape index (κ3) is 5.52. The molecule has 2 atom stereocenters. The molecule has 1 aromatic carbocycles. The minimum atomic E-state index is -4.57. The molecule has 14 heteroatoms. The summed E-state index contributed by atoms with van der Waals surface area (Å²) in [6, 6.07) is 4.68. The number of hydrogen-bond donors (Lipinski definition) is 3. The van der Waals surface area contributed by atoms with Gasteiger partial charge in [0.2, 0.25) is 0 Å². The number of alkyl halides is 3. The zero-order chi connectivity index (χ0) is 29.8. The summed E-state index contributed by atoms with van der Waals surface area (Å²) in [4.78, 5) is 26.1. The number of halogens is 4. The minimum Gasteiger partial charge on any atom is -0.423 e. The maximum Gasteiger partial charge on any atom is 0.488 e. The standard InChI is InChI=1S/C28H32BF4N5O4/c1-16-14-27(26(39)35-25(36-27)19-4-5-23(28(31,32)33)34-24(19)17-2-3-17)6-7-38(16)22-13-18(29(40)41)12-21(30)20(22)15-37-8-10-42-11-9-37/h4-5,12-13,16-17,40-41H,2-3,6-11,14-15H2,1H3,(H,35,36,39)/t16-,27+/m0/s1. The van der Waals surface area contributed by atoms with Crippen LogP contribution in [0.1, 0.15) is 61.0 Å². The summed E-state index contributed by atoms with van der Waals surface area (Å²) < 4.78 is 60.9. The fourth-order valence-corrected chi connectivity index (χ4v) is 6.22. The number of nitrogens with one attached hydrogen (secondary N) is 1. The number of benzene rings is 1. The first kappa shape index (κ1) is 29.0. The molecular formula is C28H32BF4N5O4. The van der Waals surface area contributed by atoms with Crippen LogP contribution in [0.2, 0.25) is 0 Å². The van der Waals surface area contributed by atoms with E-state index in [4.69, 9.17) is 9.73 Å². The zero-order valence-corrected chi connectivity index (χ0v) is 23.1. The molecule has 2 aromatic rings. The molecule has 3 fully saturated rings. The first-order valence-corrected chi connectivity index (χ1v) is 14.2. The van der Waals surface area contributed by atoms with E-state index < -0.39 is 30.3 Å². The second-order valence-electron chi connectivity index (χ2n) is 11.6. The number of carbonyl (C=O) groups is 1. The van der Waals surface area contributed by atoms with Gasteiger partial charge in [-0.1, -0.05) is 0 Å². The summed E-state index contributed by atoms with van der Waals surface area (Å²) >= 11 is 0. The van der Waals surface area contributed by atoms with E-state index >= 15 is 4.39 Å². The molecule has 1 spiro atoms. The molecule has 2 saturated heterocycles. The number of aromatic nitrogens is 1. The Balaban J connectivity index is 1.29. The lowest BCUT2D eigenvalue weighted by atomic mass is 9.78. The van der Waals surface area contributed by atoms with Gasteiger partial charge in [0.05, 0.1) is 18.9 Å². The van der Waals surface area contributed by atoms with Crippen molar-refractivity contribution in [3.05, 3.63) is 52.6 Å². The van der Waals surface area contributed by atoms with E-state index in [1.807, 2.05) is 11.8 Å². The second-order valence-corrected chi connectivity index (χ2v) is 11.6. The number of hydrogen-bond acceptors (Lipinski definition) is 8. The topological polar surface area (TPSA) is 111 Å². The van der Waals surface area contributed by atoms with Crippen LogP contribution in [0, 0.1) is 5.82 Å².